The van der Waals surface area contributed by atoms with Gasteiger partial charge in [0.2, 0.25) is 5.91 Å². The second-order valence-corrected chi connectivity index (χ2v) is 7.29. The molecule has 3 aromatic heterocycles. The molecule has 136 valence electrons. The van der Waals surface area contributed by atoms with Crippen molar-refractivity contribution in [2.24, 2.45) is 5.92 Å². The molecule has 0 radical (unpaired) electrons. The Morgan fingerprint density at radius 2 is 2.19 bits per heavy atom. The molecular weight excluding hydrogens is 352 g/mol. The van der Waals surface area contributed by atoms with Gasteiger partial charge in [0.05, 0.1) is 24.2 Å². The van der Waals surface area contributed by atoms with E-state index in [1.165, 1.54) is 0 Å². The third-order valence-corrected chi connectivity index (χ3v) is 5.40. The molecule has 8 heteroatoms. The highest BCUT2D eigenvalue weighted by Gasteiger charge is 2.25. The summed E-state index contributed by atoms with van der Waals surface area (Å²) < 4.78 is 10.6. The van der Waals surface area contributed by atoms with Crippen LogP contribution in [-0.4, -0.2) is 34.0 Å². The predicted octanol–water partition coefficient (Wildman–Crippen LogP) is 2.92. The van der Waals surface area contributed by atoms with E-state index in [0.29, 0.717) is 18.3 Å². The molecule has 4 rings (SSSR count). The van der Waals surface area contributed by atoms with Crippen LogP contribution in [0.5, 0.6) is 0 Å². The number of nitrogens with zero attached hydrogens (tertiary/aromatic N) is 3. The summed E-state index contributed by atoms with van der Waals surface area (Å²) in [6.07, 6.45) is 3.38. The summed E-state index contributed by atoms with van der Waals surface area (Å²) >= 11 is 1.54. The van der Waals surface area contributed by atoms with Crippen molar-refractivity contribution in [3.63, 3.8) is 0 Å². The molecule has 1 aliphatic rings. The van der Waals surface area contributed by atoms with Crippen molar-refractivity contribution in [1.82, 2.24) is 20.4 Å². The molecule has 0 atom stereocenters. The first-order valence-corrected chi connectivity index (χ1v) is 9.55. The molecule has 1 saturated heterocycles. The first kappa shape index (κ1) is 17.0. The molecule has 26 heavy (non-hydrogen) atoms. The fourth-order valence-corrected chi connectivity index (χ4v) is 3.76. The smallest absolute Gasteiger partial charge is 0.268 e. The number of amides is 1. The van der Waals surface area contributed by atoms with Crippen LogP contribution in [0.4, 0.5) is 0 Å². The van der Waals surface area contributed by atoms with E-state index in [1.54, 1.807) is 17.6 Å². The molecule has 1 amide bonds. The number of thiophene rings is 1. The van der Waals surface area contributed by atoms with E-state index in [9.17, 15) is 4.79 Å². The van der Waals surface area contributed by atoms with Crippen LogP contribution < -0.4 is 5.32 Å². The maximum absolute atomic E-state index is 12.4. The summed E-state index contributed by atoms with van der Waals surface area (Å²) in [5.74, 6) is 2.05. The minimum atomic E-state index is 0.0338. The highest BCUT2D eigenvalue weighted by Crippen LogP contribution is 2.23. The second kappa shape index (κ2) is 7.84. The predicted molar refractivity (Wildman–Crippen MR) is 96.2 cm³/mol. The lowest BCUT2D eigenvalue weighted by molar-refractivity contribution is -0.126. The average molecular weight is 372 g/mol. The molecular formula is C18H20N4O3S. The normalized spacial score (nSPS) is 16.0. The van der Waals surface area contributed by atoms with E-state index >= 15 is 0 Å². The van der Waals surface area contributed by atoms with Gasteiger partial charge in [-0.25, -0.2) is 0 Å². The summed E-state index contributed by atoms with van der Waals surface area (Å²) in [7, 11) is 0. The molecule has 1 N–H and O–H groups in total. The molecule has 1 aliphatic heterocycles. The third kappa shape index (κ3) is 4.03. The number of likely N-dealkylation sites (tertiary alicyclic amines) is 1. The molecule has 3 aromatic rings. The number of nitrogens with one attached hydrogen (secondary N) is 1. The van der Waals surface area contributed by atoms with Crippen molar-refractivity contribution in [3.8, 4) is 10.8 Å². The Morgan fingerprint density at radius 1 is 1.31 bits per heavy atom. The number of rotatable bonds is 6. The Hall–Kier alpha value is -2.45. The van der Waals surface area contributed by atoms with Crippen molar-refractivity contribution in [1.29, 1.82) is 0 Å². The molecule has 0 aliphatic carbocycles. The van der Waals surface area contributed by atoms with Gasteiger partial charge in [-0.1, -0.05) is 11.2 Å². The van der Waals surface area contributed by atoms with Gasteiger partial charge in [-0.05, 0) is 49.5 Å². The Kier molecular flexibility index (Phi) is 5.12. The van der Waals surface area contributed by atoms with Crippen LogP contribution in [0, 0.1) is 5.92 Å². The number of carbonyl (C=O) groups excluding carboxylic acids is 1. The number of furan rings is 1. The Morgan fingerprint density at radius 3 is 2.92 bits per heavy atom. The average Bonchev–Trinajstić information content (AvgIpc) is 3.41. The van der Waals surface area contributed by atoms with Crippen LogP contribution in [0.3, 0.4) is 0 Å². The van der Waals surface area contributed by atoms with Gasteiger partial charge in [0.25, 0.3) is 5.89 Å². The lowest BCUT2D eigenvalue weighted by Crippen LogP contribution is -2.40. The van der Waals surface area contributed by atoms with Gasteiger partial charge in [-0.3, -0.25) is 9.69 Å². The molecule has 4 heterocycles. The number of hydrogen-bond acceptors (Lipinski definition) is 7. The number of aromatic nitrogens is 2. The molecule has 7 nitrogen and oxygen atoms in total. The van der Waals surface area contributed by atoms with Gasteiger partial charge in [-0.2, -0.15) is 4.98 Å². The zero-order valence-electron chi connectivity index (χ0n) is 14.3. The lowest BCUT2D eigenvalue weighted by atomic mass is 9.96. The Labute approximate surface area is 155 Å². The summed E-state index contributed by atoms with van der Waals surface area (Å²) in [5, 5.41) is 8.82. The molecule has 0 spiro atoms. The van der Waals surface area contributed by atoms with E-state index in [1.807, 2.05) is 29.6 Å². The van der Waals surface area contributed by atoms with Crippen LogP contribution in [0.15, 0.2) is 44.8 Å². The van der Waals surface area contributed by atoms with Crippen LogP contribution in [0.1, 0.15) is 24.4 Å². The molecule has 0 saturated carbocycles. The fourth-order valence-electron chi connectivity index (χ4n) is 3.11. The van der Waals surface area contributed by atoms with Gasteiger partial charge in [-0.15, -0.1) is 11.3 Å². The highest BCUT2D eigenvalue weighted by molar-refractivity contribution is 7.13. The van der Waals surface area contributed by atoms with Crippen LogP contribution in [-0.2, 0) is 17.9 Å². The summed E-state index contributed by atoms with van der Waals surface area (Å²) in [6, 6.07) is 7.74. The molecule has 0 bridgehead atoms. The standard InChI is InChI=1S/C18H20N4O3S/c23-17(13-5-7-22(8-6-13)12-14-3-1-9-24-14)19-11-16-20-18(25-21-16)15-4-2-10-26-15/h1-4,9-10,13H,5-8,11-12H2,(H,19,23). The van der Waals surface area contributed by atoms with Crippen LogP contribution in [0.2, 0.25) is 0 Å². The lowest BCUT2D eigenvalue weighted by Gasteiger charge is -2.30. The first-order chi connectivity index (χ1) is 12.8. The summed E-state index contributed by atoms with van der Waals surface area (Å²) in [5.41, 5.74) is 0. The molecule has 0 unspecified atom stereocenters. The summed E-state index contributed by atoms with van der Waals surface area (Å²) in [4.78, 5) is 20.0. The van der Waals surface area contributed by atoms with Gasteiger partial charge in [0, 0.05) is 5.92 Å². The van der Waals surface area contributed by atoms with Gasteiger partial charge in [0.15, 0.2) is 5.82 Å². The third-order valence-electron chi connectivity index (χ3n) is 4.54. The monoisotopic (exact) mass is 372 g/mol. The van der Waals surface area contributed by atoms with Gasteiger partial charge in [0.1, 0.15) is 5.76 Å². The van der Waals surface area contributed by atoms with E-state index in [2.05, 4.69) is 20.4 Å². The molecule has 1 fully saturated rings. The zero-order valence-corrected chi connectivity index (χ0v) is 15.1. The first-order valence-electron chi connectivity index (χ1n) is 8.67. The number of hydrogen-bond donors (Lipinski definition) is 1. The van der Waals surface area contributed by atoms with Gasteiger partial charge < -0.3 is 14.3 Å². The van der Waals surface area contributed by atoms with Crippen LogP contribution in [0.25, 0.3) is 10.8 Å². The Bertz CT molecular complexity index is 821. The van der Waals surface area contributed by atoms with Gasteiger partial charge >= 0.3 is 0 Å². The minimum Gasteiger partial charge on any atom is -0.468 e. The number of piperidine rings is 1. The highest BCUT2D eigenvalue weighted by atomic mass is 32.1. The van der Waals surface area contributed by atoms with Crippen molar-refractivity contribution in [2.75, 3.05) is 13.1 Å². The van der Waals surface area contributed by atoms with Crippen molar-refractivity contribution in [3.05, 3.63) is 47.5 Å². The van der Waals surface area contributed by atoms with Crippen molar-refractivity contribution >= 4 is 17.2 Å². The van der Waals surface area contributed by atoms with Crippen molar-refractivity contribution < 1.29 is 13.7 Å². The quantitative estimate of drug-likeness (QED) is 0.716. The minimum absolute atomic E-state index is 0.0338. The molecule has 0 aromatic carbocycles. The second-order valence-electron chi connectivity index (χ2n) is 6.34. The van der Waals surface area contributed by atoms with E-state index < -0.39 is 0 Å². The van der Waals surface area contributed by atoms with Crippen molar-refractivity contribution in [2.45, 2.75) is 25.9 Å². The van der Waals surface area contributed by atoms with E-state index in [4.69, 9.17) is 8.94 Å². The van der Waals surface area contributed by atoms with Crippen LogP contribution >= 0.6 is 11.3 Å². The maximum atomic E-state index is 12.4. The fraction of sp³-hybridized carbons (Fsp3) is 0.389. The largest absolute Gasteiger partial charge is 0.468 e. The number of carbonyl (C=O) groups is 1. The zero-order chi connectivity index (χ0) is 17.8. The SMILES string of the molecule is O=C(NCc1noc(-c2cccs2)n1)C1CCN(Cc2ccco2)CC1. The maximum Gasteiger partial charge on any atom is 0.268 e. The van der Waals surface area contributed by atoms with E-state index in [-0.39, 0.29) is 11.8 Å². The van der Waals surface area contributed by atoms with E-state index in [0.717, 1.165) is 43.1 Å². The summed E-state index contributed by atoms with van der Waals surface area (Å²) in [6.45, 7) is 2.88. The topological polar surface area (TPSA) is 84.4 Å². The Balaban J connectivity index is 1.23.